The van der Waals surface area contributed by atoms with Crippen molar-refractivity contribution in [3.05, 3.63) is 47.9 Å². The van der Waals surface area contributed by atoms with Crippen LogP contribution in [-0.4, -0.2) is 38.8 Å². The number of rotatable bonds is 6. The van der Waals surface area contributed by atoms with Crippen LogP contribution in [0.5, 0.6) is 5.75 Å². The van der Waals surface area contributed by atoms with Crippen LogP contribution in [0.3, 0.4) is 0 Å². The highest BCUT2D eigenvalue weighted by atomic mass is 32.2. The van der Waals surface area contributed by atoms with Crippen LogP contribution in [0.25, 0.3) is 0 Å². The van der Waals surface area contributed by atoms with Gasteiger partial charge in [-0.15, -0.1) is 0 Å². The predicted molar refractivity (Wildman–Crippen MR) is 99.8 cm³/mol. The van der Waals surface area contributed by atoms with Gasteiger partial charge in [0.25, 0.3) is 0 Å². The van der Waals surface area contributed by atoms with Crippen LogP contribution in [0.2, 0.25) is 0 Å². The van der Waals surface area contributed by atoms with E-state index in [9.17, 15) is 13.2 Å². The van der Waals surface area contributed by atoms with Crippen LogP contribution in [0.4, 0.5) is 0 Å². The maximum atomic E-state index is 13.1. The molecule has 0 radical (unpaired) electrons. The van der Waals surface area contributed by atoms with E-state index < -0.39 is 10.0 Å². The smallest absolute Gasteiger partial charge is 0.246 e. The third-order valence-electron chi connectivity index (χ3n) is 4.71. The SMILES string of the molecule is COc1ccc(C)cc1S(=O)(=O)N1CCC[C@H](C(=O)NCc2ccco2)C1. The van der Waals surface area contributed by atoms with Crippen molar-refractivity contribution in [3.8, 4) is 5.75 Å². The quantitative estimate of drug-likeness (QED) is 0.815. The maximum Gasteiger partial charge on any atom is 0.246 e. The summed E-state index contributed by atoms with van der Waals surface area (Å²) in [6, 6.07) is 8.60. The topological polar surface area (TPSA) is 88.9 Å². The summed E-state index contributed by atoms with van der Waals surface area (Å²) < 4.78 is 38.1. The van der Waals surface area contributed by atoms with Gasteiger partial charge in [-0.2, -0.15) is 4.31 Å². The normalized spacial score (nSPS) is 18.2. The minimum absolute atomic E-state index is 0.140. The minimum atomic E-state index is -3.74. The molecule has 1 amide bonds. The number of sulfonamides is 1. The Balaban J connectivity index is 1.73. The molecule has 8 heteroatoms. The second-order valence-electron chi connectivity index (χ2n) is 6.65. The molecule has 1 N–H and O–H groups in total. The Kier molecular flexibility index (Phi) is 5.86. The van der Waals surface area contributed by atoms with Crippen LogP contribution >= 0.6 is 0 Å². The van der Waals surface area contributed by atoms with Crippen LogP contribution in [0.1, 0.15) is 24.2 Å². The predicted octanol–water partition coefficient (Wildman–Crippen LogP) is 2.31. The number of benzene rings is 1. The zero-order chi connectivity index (χ0) is 19.4. The summed E-state index contributed by atoms with van der Waals surface area (Å²) in [5.41, 5.74) is 0.833. The summed E-state index contributed by atoms with van der Waals surface area (Å²) in [5, 5.41) is 2.82. The summed E-state index contributed by atoms with van der Waals surface area (Å²) in [6.45, 7) is 2.67. The number of carbonyl (C=O) groups excluding carboxylic acids is 1. The van der Waals surface area contributed by atoms with Gasteiger partial charge in [0, 0.05) is 13.1 Å². The Bertz CT molecular complexity index is 893. The molecule has 1 fully saturated rings. The molecule has 1 atom stereocenters. The largest absolute Gasteiger partial charge is 0.495 e. The summed E-state index contributed by atoms with van der Waals surface area (Å²) in [6.07, 6.45) is 2.83. The third-order valence-corrected chi connectivity index (χ3v) is 6.60. The van der Waals surface area contributed by atoms with E-state index in [-0.39, 0.29) is 23.3 Å². The van der Waals surface area contributed by atoms with Gasteiger partial charge in [0.1, 0.15) is 16.4 Å². The average molecular weight is 392 g/mol. The van der Waals surface area contributed by atoms with Gasteiger partial charge in [0.05, 0.1) is 25.8 Å². The molecule has 1 aliphatic rings. The van der Waals surface area contributed by atoms with E-state index in [1.54, 1.807) is 36.6 Å². The molecular formula is C19H24N2O5S. The Morgan fingerprint density at radius 3 is 2.89 bits per heavy atom. The van der Waals surface area contributed by atoms with E-state index in [0.29, 0.717) is 37.4 Å². The molecule has 0 spiro atoms. The van der Waals surface area contributed by atoms with Gasteiger partial charge in [0.15, 0.2) is 0 Å². The molecule has 0 unspecified atom stereocenters. The highest BCUT2D eigenvalue weighted by molar-refractivity contribution is 7.89. The van der Waals surface area contributed by atoms with Gasteiger partial charge in [-0.05, 0) is 49.6 Å². The van der Waals surface area contributed by atoms with Crippen molar-refractivity contribution in [1.82, 2.24) is 9.62 Å². The second-order valence-corrected chi connectivity index (χ2v) is 8.56. The lowest BCUT2D eigenvalue weighted by Gasteiger charge is -2.31. The number of piperidine rings is 1. The molecule has 0 bridgehead atoms. The first-order valence-electron chi connectivity index (χ1n) is 8.86. The molecule has 1 aliphatic heterocycles. The molecular weight excluding hydrogens is 368 g/mol. The molecule has 146 valence electrons. The number of amides is 1. The zero-order valence-corrected chi connectivity index (χ0v) is 16.3. The van der Waals surface area contributed by atoms with E-state index in [2.05, 4.69) is 5.32 Å². The highest BCUT2D eigenvalue weighted by Gasteiger charge is 2.34. The number of hydrogen-bond acceptors (Lipinski definition) is 5. The van der Waals surface area contributed by atoms with Gasteiger partial charge in [0.2, 0.25) is 15.9 Å². The van der Waals surface area contributed by atoms with Crippen molar-refractivity contribution in [3.63, 3.8) is 0 Å². The number of methoxy groups -OCH3 is 1. The lowest BCUT2D eigenvalue weighted by atomic mass is 9.99. The average Bonchev–Trinajstić information content (AvgIpc) is 3.19. The summed E-state index contributed by atoms with van der Waals surface area (Å²) >= 11 is 0. The molecule has 3 rings (SSSR count). The molecule has 27 heavy (non-hydrogen) atoms. The number of furan rings is 1. The molecule has 0 aliphatic carbocycles. The number of nitrogens with one attached hydrogen (secondary N) is 1. The number of carbonyl (C=O) groups is 1. The fraction of sp³-hybridized carbons (Fsp3) is 0.421. The van der Waals surface area contributed by atoms with E-state index in [1.807, 2.05) is 6.92 Å². The number of ether oxygens (including phenoxy) is 1. The summed E-state index contributed by atoms with van der Waals surface area (Å²) in [7, 11) is -2.29. The van der Waals surface area contributed by atoms with Gasteiger partial charge in [-0.1, -0.05) is 6.07 Å². The van der Waals surface area contributed by atoms with Crippen molar-refractivity contribution >= 4 is 15.9 Å². The Labute approximate surface area is 159 Å². The molecule has 1 aromatic carbocycles. The van der Waals surface area contributed by atoms with Gasteiger partial charge in [-0.3, -0.25) is 4.79 Å². The second kappa shape index (κ2) is 8.14. The van der Waals surface area contributed by atoms with Gasteiger partial charge < -0.3 is 14.5 Å². The monoisotopic (exact) mass is 392 g/mol. The van der Waals surface area contributed by atoms with E-state index in [4.69, 9.17) is 9.15 Å². The lowest BCUT2D eigenvalue weighted by molar-refractivity contribution is -0.126. The Morgan fingerprint density at radius 1 is 1.37 bits per heavy atom. The van der Waals surface area contributed by atoms with Crippen molar-refractivity contribution in [2.75, 3.05) is 20.2 Å². The summed E-state index contributed by atoms with van der Waals surface area (Å²) in [4.78, 5) is 12.6. The molecule has 7 nitrogen and oxygen atoms in total. The third kappa shape index (κ3) is 4.33. The first kappa shape index (κ1) is 19.4. The standard InChI is InChI=1S/C19H24N2O5S/c1-14-7-8-17(25-2)18(11-14)27(23,24)21-9-3-5-15(13-21)19(22)20-12-16-6-4-10-26-16/h4,6-8,10-11,15H,3,5,9,12-13H2,1-2H3,(H,20,22)/t15-/m0/s1. The van der Waals surface area contributed by atoms with Crippen molar-refractivity contribution in [2.24, 2.45) is 5.92 Å². The Morgan fingerprint density at radius 2 is 2.19 bits per heavy atom. The van der Waals surface area contributed by atoms with E-state index in [1.165, 1.54) is 11.4 Å². The van der Waals surface area contributed by atoms with Crippen molar-refractivity contribution in [2.45, 2.75) is 31.2 Å². The fourth-order valence-electron chi connectivity index (χ4n) is 3.23. The van der Waals surface area contributed by atoms with Gasteiger partial charge >= 0.3 is 0 Å². The minimum Gasteiger partial charge on any atom is -0.495 e. The zero-order valence-electron chi connectivity index (χ0n) is 15.5. The van der Waals surface area contributed by atoms with Crippen LogP contribution in [-0.2, 0) is 21.4 Å². The van der Waals surface area contributed by atoms with Gasteiger partial charge in [-0.25, -0.2) is 8.42 Å². The van der Waals surface area contributed by atoms with E-state index in [0.717, 1.165) is 5.56 Å². The number of nitrogens with zero attached hydrogens (tertiary/aromatic N) is 1. The van der Waals surface area contributed by atoms with Crippen LogP contribution in [0, 0.1) is 12.8 Å². The molecule has 1 aromatic heterocycles. The first-order valence-corrected chi connectivity index (χ1v) is 10.3. The Hall–Kier alpha value is -2.32. The molecule has 2 aromatic rings. The number of hydrogen-bond donors (Lipinski definition) is 1. The molecule has 1 saturated heterocycles. The molecule has 0 saturated carbocycles. The fourth-order valence-corrected chi connectivity index (χ4v) is 5.00. The highest BCUT2D eigenvalue weighted by Crippen LogP contribution is 2.30. The van der Waals surface area contributed by atoms with E-state index >= 15 is 0 Å². The van der Waals surface area contributed by atoms with Crippen molar-refractivity contribution in [1.29, 1.82) is 0 Å². The lowest BCUT2D eigenvalue weighted by Crippen LogP contribution is -2.45. The summed E-state index contributed by atoms with van der Waals surface area (Å²) in [5.74, 6) is 0.417. The molecule has 2 heterocycles. The number of aryl methyl sites for hydroxylation is 1. The maximum absolute atomic E-state index is 13.1. The van der Waals surface area contributed by atoms with Crippen LogP contribution < -0.4 is 10.1 Å². The van der Waals surface area contributed by atoms with Crippen LogP contribution in [0.15, 0.2) is 45.9 Å². The van der Waals surface area contributed by atoms with Crippen molar-refractivity contribution < 1.29 is 22.4 Å². The first-order chi connectivity index (χ1) is 12.9.